The number of aromatic nitrogens is 1. The third-order valence-corrected chi connectivity index (χ3v) is 2.30. The molecule has 3 nitrogen and oxygen atoms in total. The van der Waals surface area contributed by atoms with Crippen LogP contribution >= 0.6 is 0 Å². The van der Waals surface area contributed by atoms with Gasteiger partial charge in [-0.2, -0.15) is 0 Å². The van der Waals surface area contributed by atoms with E-state index >= 15 is 0 Å². The van der Waals surface area contributed by atoms with Gasteiger partial charge in [-0.05, 0) is 13.0 Å². The van der Waals surface area contributed by atoms with Gasteiger partial charge in [0.05, 0.1) is 5.39 Å². The lowest BCUT2D eigenvalue weighted by Gasteiger charge is -2.03. The molecule has 82 valence electrons. The van der Waals surface area contributed by atoms with Gasteiger partial charge in [-0.15, -0.1) is 0 Å². The van der Waals surface area contributed by atoms with Crippen molar-refractivity contribution in [3.63, 3.8) is 0 Å². The number of H-pyrrole nitrogens is 1. The molecule has 2 rings (SSSR count). The maximum Gasteiger partial charge on any atom is 0.258 e. The first-order valence-electron chi connectivity index (χ1n) is 4.52. The predicted molar refractivity (Wildman–Crippen MR) is 54.5 cm³/mol. The number of ketones is 1. The smallest absolute Gasteiger partial charge is 0.258 e. The molecule has 16 heavy (non-hydrogen) atoms. The molecule has 1 N–H and O–H groups in total. The van der Waals surface area contributed by atoms with Crippen LogP contribution in [-0.2, 0) is 0 Å². The molecule has 5 heteroatoms. The molecule has 1 aromatic heterocycles. The molecule has 0 aliphatic carbocycles. The molecular weight excluding hydrogens is 216 g/mol. The van der Waals surface area contributed by atoms with Crippen molar-refractivity contribution < 1.29 is 13.6 Å². The lowest BCUT2D eigenvalue weighted by Crippen LogP contribution is -2.11. The Morgan fingerprint density at radius 1 is 1.31 bits per heavy atom. The molecule has 0 saturated carbocycles. The van der Waals surface area contributed by atoms with Crippen LogP contribution in [0, 0.1) is 11.6 Å². The van der Waals surface area contributed by atoms with Crippen LogP contribution in [-0.4, -0.2) is 10.8 Å². The van der Waals surface area contributed by atoms with Gasteiger partial charge in [0, 0.05) is 23.2 Å². The van der Waals surface area contributed by atoms with Gasteiger partial charge in [0.25, 0.3) is 5.56 Å². The number of fused-ring (bicyclic) bond motifs is 1. The van der Waals surface area contributed by atoms with Crippen molar-refractivity contribution in [2.75, 3.05) is 0 Å². The highest BCUT2D eigenvalue weighted by Gasteiger charge is 2.13. The highest BCUT2D eigenvalue weighted by molar-refractivity contribution is 6.06. The van der Waals surface area contributed by atoms with Gasteiger partial charge in [0.1, 0.15) is 11.6 Å². The van der Waals surface area contributed by atoms with Crippen LogP contribution in [0.1, 0.15) is 17.3 Å². The minimum absolute atomic E-state index is 0.00579. The number of rotatable bonds is 1. The summed E-state index contributed by atoms with van der Waals surface area (Å²) in [7, 11) is 0. The molecule has 0 amide bonds. The molecule has 0 aliphatic rings. The average Bonchev–Trinajstić information content (AvgIpc) is 2.15. The van der Waals surface area contributed by atoms with Gasteiger partial charge in [0.15, 0.2) is 5.78 Å². The quantitative estimate of drug-likeness (QED) is 0.752. The Morgan fingerprint density at radius 3 is 2.62 bits per heavy atom. The molecular formula is C11H7F2NO2. The normalized spacial score (nSPS) is 10.7. The number of carbonyl (C=O) groups excluding carboxylic acids is 1. The van der Waals surface area contributed by atoms with Crippen LogP contribution in [0.15, 0.2) is 23.1 Å². The van der Waals surface area contributed by atoms with Crippen molar-refractivity contribution in [1.29, 1.82) is 0 Å². The monoisotopic (exact) mass is 223 g/mol. The molecule has 0 unspecified atom stereocenters. The first-order valence-corrected chi connectivity index (χ1v) is 4.52. The van der Waals surface area contributed by atoms with Crippen LogP contribution in [0.25, 0.3) is 10.8 Å². The lowest BCUT2D eigenvalue weighted by atomic mass is 10.0. The molecule has 1 aromatic carbocycles. The van der Waals surface area contributed by atoms with Crippen LogP contribution < -0.4 is 5.56 Å². The molecule has 0 radical (unpaired) electrons. The molecule has 0 fully saturated rings. The van der Waals surface area contributed by atoms with E-state index in [2.05, 4.69) is 4.98 Å². The number of hydrogen-bond donors (Lipinski definition) is 1. The zero-order valence-electron chi connectivity index (χ0n) is 8.30. The Labute approximate surface area is 88.7 Å². The van der Waals surface area contributed by atoms with Crippen molar-refractivity contribution in [3.8, 4) is 0 Å². The van der Waals surface area contributed by atoms with Crippen LogP contribution in [0.2, 0.25) is 0 Å². The summed E-state index contributed by atoms with van der Waals surface area (Å²) >= 11 is 0. The summed E-state index contributed by atoms with van der Waals surface area (Å²) in [5.74, 6) is -2.16. The van der Waals surface area contributed by atoms with Crippen LogP contribution in [0.5, 0.6) is 0 Å². The van der Waals surface area contributed by atoms with Crippen molar-refractivity contribution in [2.24, 2.45) is 0 Å². The average molecular weight is 223 g/mol. The Hall–Kier alpha value is -2.04. The molecule has 2 aromatic rings. The van der Waals surface area contributed by atoms with E-state index in [1.165, 1.54) is 6.92 Å². The van der Waals surface area contributed by atoms with Gasteiger partial charge in [-0.1, -0.05) is 0 Å². The zero-order chi connectivity index (χ0) is 11.9. The molecule has 0 saturated heterocycles. The van der Waals surface area contributed by atoms with Gasteiger partial charge in [-0.25, -0.2) is 8.78 Å². The van der Waals surface area contributed by atoms with E-state index in [1.54, 1.807) is 0 Å². The third-order valence-electron chi connectivity index (χ3n) is 2.30. The third kappa shape index (κ3) is 1.50. The number of halogens is 2. The zero-order valence-corrected chi connectivity index (χ0v) is 8.30. The number of pyridine rings is 1. The number of aromatic amines is 1. The molecule has 0 atom stereocenters. The fraction of sp³-hybridized carbons (Fsp3) is 0.0909. The van der Waals surface area contributed by atoms with Crippen LogP contribution in [0.4, 0.5) is 8.78 Å². The number of hydrogen-bond acceptors (Lipinski definition) is 2. The second-order valence-corrected chi connectivity index (χ2v) is 3.40. The number of nitrogens with one attached hydrogen (secondary N) is 1. The maximum absolute atomic E-state index is 13.4. The Morgan fingerprint density at radius 2 is 2.00 bits per heavy atom. The van der Waals surface area contributed by atoms with Gasteiger partial charge >= 0.3 is 0 Å². The second kappa shape index (κ2) is 3.52. The van der Waals surface area contributed by atoms with E-state index in [-0.39, 0.29) is 22.1 Å². The Kier molecular flexibility index (Phi) is 2.30. The molecule has 0 bridgehead atoms. The standard InChI is InChI=1S/C11H7F2NO2/c1-5(15)8-4-14-11(16)10-7(8)2-6(12)3-9(10)13/h2-4H,1H3,(H,14,16). The summed E-state index contributed by atoms with van der Waals surface area (Å²) < 4.78 is 26.4. The van der Waals surface area contributed by atoms with E-state index < -0.39 is 17.2 Å². The highest BCUT2D eigenvalue weighted by Crippen LogP contribution is 2.19. The summed E-state index contributed by atoms with van der Waals surface area (Å²) in [5, 5.41) is -0.303. The first kappa shape index (κ1) is 10.5. The Balaban J connectivity index is 3.04. The minimum atomic E-state index is -0.973. The van der Waals surface area contributed by atoms with Crippen molar-refractivity contribution in [2.45, 2.75) is 6.92 Å². The van der Waals surface area contributed by atoms with Crippen molar-refractivity contribution in [1.82, 2.24) is 4.98 Å². The number of Topliss-reactive ketones (excluding diaryl/α,β-unsaturated/α-hetero) is 1. The predicted octanol–water partition coefficient (Wildman–Crippen LogP) is 2.01. The number of carbonyl (C=O) groups is 1. The summed E-state index contributed by atoms with van der Waals surface area (Å²) in [6.07, 6.45) is 1.16. The SMILES string of the molecule is CC(=O)c1c[nH]c(=O)c2c(F)cc(F)cc12. The first-order chi connectivity index (χ1) is 7.50. The molecule has 1 heterocycles. The summed E-state index contributed by atoms with van der Waals surface area (Å²) in [5.41, 5.74) is -0.592. The topological polar surface area (TPSA) is 49.9 Å². The minimum Gasteiger partial charge on any atom is -0.328 e. The van der Waals surface area contributed by atoms with E-state index in [4.69, 9.17) is 0 Å². The lowest BCUT2D eigenvalue weighted by molar-refractivity contribution is 0.101. The summed E-state index contributed by atoms with van der Waals surface area (Å²) in [6.45, 7) is 1.26. The molecule has 0 spiro atoms. The van der Waals surface area contributed by atoms with E-state index in [0.717, 1.165) is 12.3 Å². The fourth-order valence-corrected chi connectivity index (χ4v) is 1.60. The van der Waals surface area contributed by atoms with Gasteiger partial charge in [-0.3, -0.25) is 9.59 Å². The van der Waals surface area contributed by atoms with Gasteiger partial charge in [0.2, 0.25) is 0 Å². The number of benzene rings is 1. The van der Waals surface area contributed by atoms with E-state index in [9.17, 15) is 18.4 Å². The molecule has 0 aliphatic heterocycles. The van der Waals surface area contributed by atoms with Crippen molar-refractivity contribution >= 4 is 16.6 Å². The van der Waals surface area contributed by atoms with Gasteiger partial charge < -0.3 is 4.98 Å². The van der Waals surface area contributed by atoms with Crippen LogP contribution in [0.3, 0.4) is 0 Å². The van der Waals surface area contributed by atoms with E-state index in [1.807, 2.05) is 0 Å². The highest BCUT2D eigenvalue weighted by atomic mass is 19.1. The largest absolute Gasteiger partial charge is 0.328 e. The second-order valence-electron chi connectivity index (χ2n) is 3.40. The maximum atomic E-state index is 13.4. The fourth-order valence-electron chi connectivity index (χ4n) is 1.60. The summed E-state index contributed by atoms with van der Waals surface area (Å²) in [6, 6.07) is 1.59. The van der Waals surface area contributed by atoms with Crippen molar-refractivity contribution in [3.05, 3.63) is 45.9 Å². The summed E-state index contributed by atoms with van der Waals surface area (Å²) in [4.78, 5) is 24.8. The van der Waals surface area contributed by atoms with E-state index in [0.29, 0.717) is 6.07 Å². The Bertz CT molecular complexity index is 646.